The van der Waals surface area contributed by atoms with Gasteiger partial charge in [0.1, 0.15) is 5.82 Å². The van der Waals surface area contributed by atoms with E-state index in [0.717, 1.165) is 36.5 Å². The highest BCUT2D eigenvalue weighted by molar-refractivity contribution is 5.86. The third-order valence-corrected chi connectivity index (χ3v) is 8.70. The van der Waals surface area contributed by atoms with Crippen LogP contribution >= 0.6 is 0 Å². The third kappa shape index (κ3) is 7.35. The van der Waals surface area contributed by atoms with E-state index in [2.05, 4.69) is 86.5 Å². The maximum atomic E-state index is 11.7. The van der Waals surface area contributed by atoms with Gasteiger partial charge in [-0.2, -0.15) is 0 Å². The number of anilines is 3. The zero-order chi connectivity index (χ0) is 29.4. The van der Waals surface area contributed by atoms with Crippen LogP contribution in [0.3, 0.4) is 0 Å². The van der Waals surface area contributed by atoms with Crippen LogP contribution in [0.5, 0.6) is 0 Å². The second kappa shape index (κ2) is 13.7. The van der Waals surface area contributed by atoms with Crippen molar-refractivity contribution in [3.63, 3.8) is 0 Å². The van der Waals surface area contributed by atoms with E-state index < -0.39 is 6.09 Å². The Labute approximate surface area is 254 Å². The first kappa shape index (κ1) is 28.7. The van der Waals surface area contributed by atoms with Crippen molar-refractivity contribution in [1.29, 1.82) is 0 Å². The lowest BCUT2D eigenvalue weighted by Crippen LogP contribution is -2.54. The maximum absolute atomic E-state index is 11.7. The van der Waals surface area contributed by atoms with Crippen LogP contribution < -0.4 is 20.9 Å². The number of amides is 1. The van der Waals surface area contributed by atoms with Crippen LogP contribution in [0, 0.1) is 0 Å². The minimum Gasteiger partial charge on any atom is -0.453 e. The number of carbonyl (C=O) groups is 1. The molecule has 6 rings (SSSR count). The molecule has 1 saturated heterocycles. The van der Waals surface area contributed by atoms with Gasteiger partial charge >= 0.3 is 6.09 Å². The fraction of sp³-hybridized carbons (Fsp3) is 0.333. The smallest absolute Gasteiger partial charge is 0.411 e. The summed E-state index contributed by atoms with van der Waals surface area (Å²) in [7, 11) is 1.36. The molecule has 2 fully saturated rings. The number of carbonyl (C=O) groups excluding carboxylic acids is 1. The Morgan fingerprint density at radius 2 is 1.53 bits per heavy atom. The molecule has 0 spiro atoms. The molecular formula is C36H41N5O2. The fourth-order valence-electron chi connectivity index (χ4n) is 6.47. The second-order valence-electron chi connectivity index (χ2n) is 11.6. The van der Waals surface area contributed by atoms with Crippen molar-refractivity contribution in [1.82, 2.24) is 10.3 Å². The van der Waals surface area contributed by atoms with Gasteiger partial charge in [0.15, 0.2) is 0 Å². The van der Waals surface area contributed by atoms with Crippen LogP contribution in [0.15, 0.2) is 97.2 Å². The van der Waals surface area contributed by atoms with Crippen molar-refractivity contribution in [3.8, 4) is 22.3 Å². The molecule has 2 heterocycles. The number of nitrogens with zero attached hydrogens (tertiary/aromatic N) is 2. The molecule has 2 aliphatic rings. The zero-order valence-corrected chi connectivity index (χ0v) is 24.8. The molecule has 1 aromatic heterocycles. The largest absolute Gasteiger partial charge is 0.453 e. The molecular weight excluding hydrogens is 534 g/mol. The van der Waals surface area contributed by atoms with Crippen molar-refractivity contribution < 1.29 is 9.53 Å². The van der Waals surface area contributed by atoms with E-state index >= 15 is 0 Å². The minimum absolute atomic E-state index is 0.323. The summed E-state index contributed by atoms with van der Waals surface area (Å²) in [5.41, 5.74) is 6.57. The fourth-order valence-corrected chi connectivity index (χ4v) is 6.47. The minimum atomic E-state index is -0.480. The Morgan fingerprint density at radius 3 is 2.35 bits per heavy atom. The predicted octanol–water partition coefficient (Wildman–Crippen LogP) is 7.58. The highest BCUT2D eigenvalue weighted by Crippen LogP contribution is 2.29. The summed E-state index contributed by atoms with van der Waals surface area (Å²) in [6.45, 7) is 2.12. The molecule has 1 amide bonds. The highest BCUT2D eigenvalue weighted by atomic mass is 16.5. The van der Waals surface area contributed by atoms with Crippen molar-refractivity contribution >= 4 is 23.3 Å². The first-order chi connectivity index (χ1) is 21.1. The topological polar surface area (TPSA) is 78.5 Å². The number of piperidine rings is 1. The molecule has 0 radical (unpaired) electrons. The van der Waals surface area contributed by atoms with Crippen LogP contribution in [-0.2, 0) is 4.74 Å². The average molecular weight is 576 g/mol. The van der Waals surface area contributed by atoms with E-state index in [-0.39, 0.29) is 0 Å². The molecule has 3 N–H and O–H groups in total. The normalized spacial score (nSPS) is 20.3. The summed E-state index contributed by atoms with van der Waals surface area (Å²) < 4.78 is 4.74. The van der Waals surface area contributed by atoms with Crippen molar-refractivity contribution in [2.24, 2.45) is 0 Å². The first-order valence-electron chi connectivity index (χ1n) is 15.5. The van der Waals surface area contributed by atoms with E-state index in [4.69, 9.17) is 4.74 Å². The number of hydrogen-bond acceptors (Lipinski definition) is 6. The maximum Gasteiger partial charge on any atom is 0.411 e. The Bertz CT molecular complexity index is 1490. The number of aromatic nitrogens is 1. The van der Waals surface area contributed by atoms with Crippen molar-refractivity contribution in [2.75, 3.05) is 35.7 Å². The van der Waals surface area contributed by atoms with Crippen LogP contribution in [0.25, 0.3) is 22.3 Å². The molecule has 1 aliphatic carbocycles. The van der Waals surface area contributed by atoms with E-state index in [1.54, 1.807) is 0 Å². The van der Waals surface area contributed by atoms with Gasteiger partial charge in [0.2, 0.25) is 0 Å². The highest BCUT2D eigenvalue weighted by Gasteiger charge is 2.29. The van der Waals surface area contributed by atoms with Crippen LogP contribution in [-0.4, -0.2) is 49.4 Å². The van der Waals surface area contributed by atoms with Gasteiger partial charge in [0.05, 0.1) is 7.11 Å². The Morgan fingerprint density at radius 1 is 0.791 bits per heavy atom. The number of rotatable bonds is 8. The van der Waals surface area contributed by atoms with Crippen molar-refractivity contribution in [2.45, 2.75) is 56.7 Å². The van der Waals surface area contributed by atoms with Crippen LogP contribution in [0.4, 0.5) is 22.0 Å². The van der Waals surface area contributed by atoms with Crippen LogP contribution in [0.1, 0.15) is 38.5 Å². The van der Waals surface area contributed by atoms with Gasteiger partial charge in [0.25, 0.3) is 0 Å². The molecule has 0 unspecified atom stereocenters. The van der Waals surface area contributed by atoms with Gasteiger partial charge in [-0.15, -0.1) is 0 Å². The van der Waals surface area contributed by atoms with Gasteiger partial charge in [0, 0.05) is 48.8 Å². The summed E-state index contributed by atoms with van der Waals surface area (Å²) in [5, 5.41) is 10.6. The monoisotopic (exact) mass is 575 g/mol. The molecule has 222 valence electrons. The summed E-state index contributed by atoms with van der Waals surface area (Å²) in [4.78, 5) is 18.9. The van der Waals surface area contributed by atoms with Gasteiger partial charge in [-0.1, -0.05) is 67.4 Å². The van der Waals surface area contributed by atoms with Gasteiger partial charge in [-0.05, 0) is 84.3 Å². The molecule has 43 heavy (non-hydrogen) atoms. The number of methoxy groups -OCH3 is 1. The standard InChI is InChI=1S/C36H41N5O2/c1-43-36(42)39-30-12-7-11-28(23-30)29-20-21-37-35(24-29)40-34-15-6-5-14-33(34)38-31-13-8-22-41(25-31)32-18-16-27(17-19-32)26-9-3-2-4-10-26/h2-4,7,9-12,16-21,23-24,31,33-34,38H,5-6,8,13-15,22,25H2,1H3,(H,37,40)(H,39,42)/t31-,33+,34+/m0/s1. The first-order valence-corrected chi connectivity index (χ1v) is 15.5. The lowest BCUT2D eigenvalue weighted by molar-refractivity contribution is 0.187. The lowest BCUT2D eigenvalue weighted by atomic mass is 9.89. The second-order valence-corrected chi connectivity index (χ2v) is 11.6. The number of benzene rings is 3. The third-order valence-electron chi connectivity index (χ3n) is 8.70. The van der Waals surface area contributed by atoms with E-state index in [1.807, 2.05) is 36.5 Å². The number of hydrogen-bond donors (Lipinski definition) is 3. The summed E-state index contributed by atoms with van der Waals surface area (Å²) in [5.74, 6) is 0.881. The molecule has 4 aromatic rings. The Balaban J connectivity index is 1.09. The number of pyridine rings is 1. The molecule has 7 heteroatoms. The Hall–Kier alpha value is -4.36. The quantitative estimate of drug-likeness (QED) is 0.201. The summed E-state index contributed by atoms with van der Waals surface area (Å²) >= 11 is 0. The number of nitrogens with one attached hydrogen (secondary N) is 3. The zero-order valence-electron chi connectivity index (χ0n) is 24.8. The molecule has 1 aliphatic heterocycles. The van der Waals surface area contributed by atoms with E-state index in [1.165, 1.54) is 56.0 Å². The van der Waals surface area contributed by atoms with E-state index in [0.29, 0.717) is 23.8 Å². The average Bonchev–Trinajstić information content (AvgIpc) is 3.06. The SMILES string of the molecule is COC(=O)Nc1cccc(-c2ccnc(N[C@@H]3CCCC[C@H]3N[C@H]3CCCN(c4ccc(-c5ccccc5)cc4)C3)c2)c1. The van der Waals surface area contributed by atoms with E-state index in [9.17, 15) is 4.79 Å². The molecule has 7 nitrogen and oxygen atoms in total. The molecule has 0 bridgehead atoms. The summed E-state index contributed by atoms with van der Waals surface area (Å²) in [6, 6.07) is 32.7. The van der Waals surface area contributed by atoms with Crippen molar-refractivity contribution in [3.05, 3.63) is 97.2 Å². The molecule has 3 atom stereocenters. The predicted molar refractivity (Wildman–Crippen MR) is 176 cm³/mol. The summed E-state index contributed by atoms with van der Waals surface area (Å²) in [6.07, 6.45) is 8.53. The number of ether oxygens (including phenoxy) is 1. The van der Waals surface area contributed by atoms with Gasteiger partial charge in [-0.25, -0.2) is 9.78 Å². The van der Waals surface area contributed by atoms with Gasteiger partial charge < -0.3 is 20.3 Å². The van der Waals surface area contributed by atoms with Crippen LogP contribution in [0.2, 0.25) is 0 Å². The van der Waals surface area contributed by atoms with Gasteiger partial charge in [-0.3, -0.25) is 5.32 Å². The molecule has 3 aromatic carbocycles. The lowest BCUT2D eigenvalue weighted by Gasteiger charge is -2.40. The molecule has 1 saturated carbocycles. The Kier molecular flexibility index (Phi) is 9.19.